The highest BCUT2D eigenvalue weighted by Gasteiger charge is 2.41. The summed E-state index contributed by atoms with van der Waals surface area (Å²) in [5.41, 5.74) is 8.60. The Morgan fingerprint density at radius 2 is 1.44 bits per heavy atom. The number of imidazole rings is 1. The minimum atomic E-state index is -0.473. The van der Waals surface area contributed by atoms with E-state index in [1.54, 1.807) is 0 Å². The van der Waals surface area contributed by atoms with Crippen LogP contribution in [0.5, 0.6) is 0 Å². The fourth-order valence-corrected chi connectivity index (χ4v) is 9.80. The van der Waals surface area contributed by atoms with Gasteiger partial charge in [0.15, 0.2) is 0 Å². The number of hydrogen-bond acceptors (Lipinski definition) is 7. The lowest BCUT2D eigenvalue weighted by atomic mass is 9.83. The summed E-state index contributed by atoms with van der Waals surface area (Å²) in [6.07, 6.45) is 11.4. The maximum atomic E-state index is 14.2. The predicted molar refractivity (Wildman–Crippen MR) is 231 cm³/mol. The second kappa shape index (κ2) is 18.2. The van der Waals surface area contributed by atoms with Gasteiger partial charge in [0.1, 0.15) is 11.9 Å². The Labute approximate surface area is 347 Å². The molecule has 5 atom stereocenters. The zero-order valence-electron chi connectivity index (χ0n) is 34.6. The van der Waals surface area contributed by atoms with Crippen LogP contribution in [0, 0.1) is 5.92 Å². The van der Waals surface area contributed by atoms with Crippen molar-refractivity contribution in [2.75, 3.05) is 33.3 Å². The molecule has 59 heavy (non-hydrogen) atoms. The molecule has 0 unspecified atom stereocenters. The molecule has 308 valence electrons. The number of benzene rings is 3. The number of hydrogen-bond donors (Lipinski definition) is 2. The number of carbonyl (C=O) groups excluding carboxylic acids is 3. The number of alkyl carbamates (subject to hydrolysis) is 1. The predicted octanol–water partition coefficient (Wildman–Crippen LogP) is 8.58. The molecular weight excluding hydrogens is 739 g/mol. The van der Waals surface area contributed by atoms with Crippen molar-refractivity contribution in [2.24, 2.45) is 10.9 Å². The molecule has 2 N–H and O–H groups in total. The highest BCUT2D eigenvalue weighted by molar-refractivity contribution is 6.03. The van der Waals surface area contributed by atoms with Crippen LogP contribution >= 0.6 is 0 Å². The molecule has 1 saturated carbocycles. The lowest BCUT2D eigenvalue weighted by molar-refractivity contribution is -0.138. The van der Waals surface area contributed by atoms with Gasteiger partial charge in [-0.15, -0.1) is 0 Å². The maximum absolute atomic E-state index is 14.2. The fraction of sp³-hybridized carbons (Fsp3) is 0.438. The molecular formula is C48H57N7O4. The van der Waals surface area contributed by atoms with Gasteiger partial charge in [-0.2, -0.15) is 0 Å². The molecule has 8 rings (SSSR count). The van der Waals surface area contributed by atoms with Crippen molar-refractivity contribution in [1.82, 2.24) is 30.0 Å². The van der Waals surface area contributed by atoms with Crippen LogP contribution in [-0.2, 0) is 14.3 Å². The smallest absolute Gasteiger partial charge is 0.407 e. The van der Waals surface area contributed by atoms with Crippen LogP contribution in [0.25, 0.3) is 28.0 Å². The number of nitrogens with zero attached hydrogens (tertiary/aromatic N) is 5. The van der Waals surface area contributed by atoms with Crippen LogP contribution in [0.15, 0.2) is 96.3 Å². The van der Waals surface area contributed by atoms with E-state index in [4.69, 9.17) is 14.7 Å². The molecule has 2 saturated heterocycles. The van der Waals surface area contributed by atoms with Crippen LogP contribution in [0.3, 0.4) is 0 Å². The lowest BCUT2D eigenvalue weighted by Gasteiger charge is -2.35. The van der Waals surface area contributed by atoms with Crippen LogP contribution in [0.2, 0.25) is 0 Å². The summed E-state index contributed by atoms with van der Waals surface area (Å²) in [6.45, 7) is 7.27. The van der Waals surface area contributed by atoms with Crippen molar-refractivity contribution in [3.63, 3.8) is 0 Å². The normalized spacial score (nSPS) is 22.3. The van der Waals surface area contributed by atoms with E-state index in [1.807, 2.05) is 40.4 Å². The summed E-state index contributed by atoms with van der Waals surface area (Å²) in [5, 5.41) is 2.92. The fourth-order valence-electron chi connectivity index (χ4n) is 9.80. The molecule has 0 radical (unpaired) electrons. The Kier molecular flexibility index (Phi) is 12.4. The number of amides is 3. The van der Waals surface area contributed by atoms with Crippen molar-refractivity contribution < 1.29 is 19.1 Å². The van der Waals surface area contributed by atoms with E-state index in [0.29, 0.717) is 0 Å². The summed E-state index contributed by atoms with van der Waals surface area (Å²) in [4.78, 5) is 59.7. The minimum Gasteiger partial charge on any atom is -0.453 e. The molecule has 1 aromatic heterocycles. The molecule has 3 aromatic carbocycles. The van der Waals surface area contributed by atoms with Crippen molar-refractivity contribution in [1.29, 1.82) is 0 Å². The SMILES string of the molecule is CCN(CC)[C@@H](C(=O)N1CCC[C@H]1c1ncc(-c2ccc(-c3ccc(C4=CN=C([C@@H]5CCCN5C(=O)[C@H]5CCCC[C@H]5NC(=O)OC)C4)cc3)cc2)[nH]1)c1ccccc1. The monoisotopic (exact) mass is 795 g/mol. The molecule has 4 aromatic rings. The van der Waals surface area contributed by atoms with E-state index in [1.165, 1.54) is 7.11 Å². The van der Waals surface area contributed by atoms with Gasteiger partial charge in [-0.1, -0.05) is 106 Å². The number of H-pyrrole nitrogens is 1. The number of nitrogens with one attached hydrogen (secondary N) is 2. The number of methoxy groups -OCH3 is 1. The van der Waals surface area contributed by atoms with Crippen molar-refractivity contribution in [3.05, 3.63) is 108 Å². The third-order valence-corrected chi connectivity index (χ3v) is 13.0. The third kappa shape index (κ3) is 8.48. The average molecular weight is 796 g/mol. The van der Waals surface area contributed by atoms with Gasteiger partial charge >= 0.3 is 6.09 Å². The van der Waals surface area contributed by atoms with Crippen LogP contribution < -0.4 is 5.32 Å². The van der Waals surface area contributed by atoms with Gasteiger partial charge in [0, 0.05) is 37.5 Å². The molecule has 4 heterocycles. The van der Waals surface area contributed by atoms with Crippen molar-refractivity contribution in [2.45, 2.75) is 95.8 Å². The van der Waals surface area contributed by atoms with Gasteiger partial charge in [0.25, 0.3) is 0 Å². The number of likely N-dealkylation sites (tertiary alicyclic amines) is 2. The van der Waals surface area contributed by atoms with E-state index in [-0.39, 0.29) is 41.9 Å². The topological polar surface area (TPSA) is 123 Å². The highest BCUT2D eigenvalue weighted by Crippen LogP contribution is 2.37. The van der Waals surface area contributed by atoms with E-state index < -0.39 is 6.09 Å². The second-order valence-corrected chi connectivity index (χ2v) is 16.3. The Hall–Kier alpha value is -5.55. The number of ether oxygens (including phenoxy) is 1. The quantitative estimate of drug-likeness (QED) is 0.148. The molecule has 3 fully saturated rings. The first-order valence-corrected chi connectivity index (χ1v) is 21.6. The van der Waals surface area contributed by atoms with Crippen LogP contribution in [0.1, 0.15) is 101 Å². The van der Waals surface area contributed by atoms with Crippen LogP contribution in [-0.4, -0.2) is 93.7 Å². The number of rotatable bonds is 12. The summed E-state index contributed by atoms with van der Waals surface area (Å²) < 4.78 is 4.85. The molecule has 0 spiro atoms. The Bertz CT molecular complexity index is 2160. The first kappa shape index (κ1) is 40.2. The molecule has 11 nitrogen and oxygen atoms in total. The standard InChI is InChI=1S/C48H57N7O4/c1-4-53(5-2)44(36-13-7-6-8-14-36)47(57)55-28-12-18-43(55)45-50-31-41(51-45)35-25-23-33(24-26-35)32-19-21-34(22-20-32)37-29-40(49-30-37)42-17-11-27-54(42)46(56)38-15-9-10-16-39(38)52-48(58)59-3/h6-8,13-14,19-26,30-31,38-39,42-44H,4-5,9-12,15-18,27-29H2,1-3H3,(H,50,51)(H,52,58)/t38-,39+,42-,43-,44+/m0/s1. The minimum absolute atomic E-state index is 0.00942. The van der Waals surface area contributed by atoms with E-state index in [9.17, 15) is 14.4 Å². The van der Waals surface area contributed by atoms with Gasteiger partial charge in [0.2, 0.25) is 11.8 Å². The molecule has 0 bridgehead atoms. The molecule has 4 aliphatic rings. The van der Waals surface area contributed by atoms with Gasteiger partial charge < -0.3 is 24.8 Å². The molecule has 1 aliphatic carbocycles. The van der Waals surface area contributed by atoms with Crippen molar-refractivity contribution in [3.8, 4) is 22.4 Å². The van der Waals surface area contributed by atoms with Gasteiger partial charge in [-0.05, 0) is 85.0 Å². The highest BCUT2D eigenvalue weighted by atomic mass is 16.5. The first-order chi connectivity index (χ1) is 28.9. The average Bonchev–Trinajstić information content (AvgIpc) is 4.13. The third-order valence-electron chi connectivity index (χ3n) is 13.0. The lowest BCUT2D eigenvalue weighted by Crippen LogP contribution is -2.51. The Morgan fingerprint density at radius 1 is 0.797 bits per heavy atom. The van der Waals surface area contributed by atoms with E-state index in [2.05, 4.69) is 89.7 Å². The molecule has 3 amide bonds. The largest absolute Gasteiger partial charge is 0.453 e. The zero-order valence-corrected chi connectivity index (χ0v) is 34.6. The first-order valence-electron chi connectivity index (χ1n) is 21.6. The maximum Gasteiger partial charge on any atom is 0.407 e. The molecule has 11 heteroatoms. The number of aromatic amines is 1. The summed E-state index contributed by atoms with van der Waals surface area (Å²) >= 11 is 0. The van der Waals surface area contributed by atoms with Gasteiger partial charge in [-0.3, -0.25) is 19.5 Å². The zero-order chi connectivity index (χ0) is 40.9. The van der Waals surface area contributed by atoms with Gasteiger partial charge in [-0.25, -0.2) is 9.78 Å². The second-order valence-electron chi connectivity index (χ2n) is 16.3. The van der Waals surface area contributed by atoms with E-state index in [0.717, 1.165) is 135 Å². The number of aromatic nitrogens is 2. The summed E-state index contributed by atoms with van der Waals surface area (Å²) in [6, 6.07) is 26.7. The van der Waals surface area contributed by atoms with Crippen molar-refractivity contribution >= 4 is 29.2 Å². The summed E-state index contributed by atoms with van der Waals surface area (Å²) in [5.74, 6) is 0.875. The Morgan fingerprint density at radius 3 is 2.14 bits per heavy atom. The number of likely N-dealkylation sites (N-methyl/N-ethyl adjacent to an activating group) is 1. The number of aliphatic imine (C=N–C) groups is 1. The Balaban J connectivity index is 0.892. The van der Waals surface area contributed by atoms with Crippen LogP contribution in [0.4, 0.5) is 4.79 Å². The number of carbonyl (C=O) groups is 3. The number of allylic oxidation sites excluding steroid dienone is 1. The van der Waals surface area contributed by atoms with E-state index >= 15 is 0 Å². The summed E-state index contributed by atoms with van der Waals surface area (Å²) in [7, 11) is 1.36. The molecule has 3 aliphatic heterocycles. The van der Waals surface area contributed by atoms with Gasteiger partial charge in [0.05, 0.1) is 37.0 Å².